The molecule has 0 heterocycles. The van der Waals surface area contributed by atoms with Crippen LogP contribution in [0.5, 0.6) is 5.75 Å². The predicted molar refractivity (Wildman–Crippen MR) is 81.9 cm³/mol. The summed E-state index contributed by atoms with van der Waals surface area (Å²) in [5.74, 6) is 0.899. The average Bonchev–Trinajstić information content (AvgIpc) is 2.43. The summed E-state index contributed by atoms with van der Waals surface area (Å²) in [7, 11) is 0. The Bertz CT molecular complexity index is 229. The number of nitrogens with two attached hydrogens (primary N) is 1. The highest BCUT2D eigenvalue weighted by Crippen LogP contribution is 2.11. The minimum Gasteiger partial charge on any atom is -0.492 e. The summed E-state index contributed by atoms with van der Waals surface area (Å²) in [5, 5.41) is 0. The first kappa shape index (κ1) is 21.3. The highest BCUT2D eigenvalue weighted by Gasteiger charge is 1.90. The van der Waals surface area contributed by atoms with Crippen molar-refractivity contribution in [2.45, 2.75) is 48.5 Å². The van der Waals surface area contributed by atoms with E-state index in [0.717, 1.165) is 5.75 Å². The van der Waals surface area contributed by atoms with Crippen molar-refractivity contribution in [3.05, 3.63) is 29.8 Å². The second-order valence-electron chi connectivity index (χ2n) is 2.45. The van der Waals surface area contributed by atoms with Gasteiger partial charge in [-0.05, 0) is 24.6 Å². The maximum absolute atomic E-state index is 5.31. The van der Waals surface area contributed by atoms with E-state index in [1.165, 1.54) is 5.56 Å². The van der Waals surface area contributed by atoms with Gasteiger partial charge in [-0.1, -0.05) is 53.7 Å². The summed E-state index contributed by atoms with van der Waals surface area (Å²) in [6, 6.07) is 7.94. The average molecular weight is 243 g/mol. The van der Waals surface area contributed by atoms with Gasteiger partial charge in [0, 0.05) is 7.97 Å². The van der Waals surface area contributed by atoms with Gasteiger partial charge in [0.15, 0.2) is 0 Å². The van der Waals surface area contributed by atoms with Crippen LogP contribution in [0.1, 0.15) is 48.5 Å². The van der Waals surface area contributed by atoms with Gasteiger partial charge in [-0.25, -0.2) is 0 Å². The van der Waals surface area contributed by atoms with Crippen LogP contribution < -0.4 is 10.5 Å². The van der Waals surface area contributed by atoms with Crippen LogP contribution in [-0.4, -0.2) is 13.2 Å². The molecule has 0 aliphatic heterocycles. The van der Waals surface area contributed by atoms with Crippen molar-refractivity contribution in [3.8, 4) is 5.75 Å². The molecule has 0 spiro atoms. The van der Waals surface area contributed by atoms with Crippen molar-refractivity contribution in [3.63, 3.8) is 0 Å². The van der Waals surface area contributed by atoms with Gasteiger partial charge in [-0.15, -0.1) is 0 Å². The summed E-state index contributed by atoms with van der Waals surface area (Å²) in [6.07, 6.45) is 0. The molecule has 0 aliphatic rings. The van der Waals surface area contributed by atoms with Crippen molar-refractivity contribution in [2.24, 2.45) is 5.73 Å². The van der Waals surface area contributed by atoms with E-state index in [-0.39, 0.29) is 1.43 Å². The standard InChI is InChI=1S/C9H13NO.3C2H6.H2/c1-8-3-2-4-9(7-8)11-6-5-10;3*1-2;/h2-4,7H,5-6,10H2,1H3;3*1-2H3;1H. The molecule has 2 heteroatoms. The van der Waals surface area contributed by atoms with E-state index < -0.39 is 0 Å². The van der Waals surface area contributed by atoms with Crippen molar-refractivity contribution < 1.29 is 6.16 Å². The molecule has 0 amide bonds. The Balaban J connectivity index is -0.000000123. The number of aryl methyl sites for hydroxylation is 1. The first-order chi connectivity index (χ1) is 8.33. The zero-order valence-corrected chi connectivity index (χ0v) is 12.7. The lowest BCUT2D eigenvalue weighted by Gasteiger charge is -2.03. The molecule has 1 aromatic carbocycles. The van der Waals surface area contributed by atoms with Gasteiger partial charge >= 0.3 is 0 Å². The molecule has 17 heavy (non-hydrogen) atoms. The highest BCUT2D eigenvalue weighted by atomic mass is 16.5. The second-order valence-corrected chi connectivity index (χ2v) is 2.45. The third kappa shape index (κ3) is 15.0. The lowest BCUT2D eigenvalue weighted by molar-refractivity contribution is 0.328. The highest BCUT2D eigenvalue weighted by molar-refractivity contribution is 5.27. The number of hydrogen-bond acceptors (Lipinski definition) is 2. The van der Waals surface area contributed by atoms with Crippen molar-refractivity contribution in [2.75, 3.05) is 13.2 Å². The molecule has 2 nitrogen and oxygen atoms in total. The van der Waals surface area contributed by atoms with Crippen LogP contribution in [0.4, 0.5) is 0 Å². The van der Waals surface area contributed by atoms with Crippen LogP contribution in [0.25, 0.3) is 0 Å². The van der Waals surface area contributed by atoms with Crippen molar-refractivity contribution in [1.29, 1.82) is 0 Å². The minimum atomic E-state index is 0. The molecule has 1 aromatic rings. The lowest BCUT2D eigenvalue weighted by Crippen LogP contribution is -2.10. The number of hydrogen-bond donors (Lipinski definition) is 1. The smallest absolute Gasteiger partial charge is 0.119 e. The van der Waals surface area contributed by atoms with Crippen LogP contribution in [0, 0.1) is 6.92 Å². The Morgan fingerprint density at radius 1 is 1.06 bits per heavy atom. The number of rotatable bonds is 3. The number of ether oxygens (including phenoxy) is 1. The predicted octanol–water partition coefficient (Wildman–Crippen LogP) is 4.66. The summed E-state index contributed by atoms with van der Waals surface area (Å²) in [6.45, 7) is 15.2. The molecular formula is C15H33NO. The topological polar surface area (TPSA) is 35.2 Å². The summed E-state index contributed by atoms with van der Waals surface area (Å²) < 4.78 is 5.31. The zero-order valence-electron chi connectivity index (χ0n) is 12.7. The molecule has 0 atom stereocenters. The fraction of sp³-hybridized carbons (Fsp3) is 0.600. The molecule has 0 bridgehead atoms. The fourth-order valence-electron chi connectivity index (χ4n) is 0.882. The van der Waals surface area contributed by atoms with Crippen LogP contribution in [-0.2, 0) is 0 Å². The van der Waals surface area contributed by atoms with Crippen LogP contribution in [0.3, 0.4) is 0 Å². The second kappa shape index (κ2) is 20.4. The van der Waals surface area contributed by atoms with Crippen LogP contribution >= 0.6 is 0 Å². The monoisotopic (exact) mass is 243 g/mol. The Kier molecular flexibility index (Phi) is 25.5. The van der Waals surface area contributed by atoms with Crippen LogP contribution in [0.15, 0.2) is 24.3 Å². The molecule has 0 unspecified atom stereocenters. The summed E-state index contributed by atoms with van der Waals surface area (Å²) in [4.78, 5) is 0. The van der Waals surface area contributed by atoms with Gasteiger partial charge in [0.1, 0.15) is 12.4 Å². The molecule has 0 aliphatic carbocycles. The Morgan fingerprint density at radius 2 is 1.59 bits per heavy atom. The lowest BCUT2D eigenvalue weighted by atomic mass is 10.2. The zero-order chi connectivity index (χ0) is 14.1. The molecule has 0 radical (unpaired) electrons. The molecular weight excluding hydrogens is 210 g/mol. The number of benzene rings is 1. The van der Waals surface area contributed by atoms with E-state index >= 15 is 0 Å². The fourth-order valence-corrected chi connectivity index (χ4v) is 0.882. The third-order valence-corrected chi connectivity index (χ3v) is 1.38. The first-order valence-electron chi connectivity index (χ1n) is 6.72. The van der Waals surface area contributed by atoms with E-state index in [4.69, 9.17) is 10.5 Å². The SMILES string of the molecule is CC.CC.CC.Cc1cccc(OCCN)c1.[HH]. The minimum absolute atomic E-state index is 0. The maximum atomic E-state index is 5.31. The van der Waals surface area contributed by atoms with Gasteiger partial charge in [-0.3, -0.25) is 0 Å². The summed E-state index contributed by atoms with van der Waals surface area (Å²) >= 11 is 0. The van der Waals surface area contributed by atoms with E-state index in [9.17, 15) is 0 Å². The normalized spacial score (nSPS) is 7.29. The van der Waals surface area contributed by atoms with Crippen LogP contribution in [0.2, 0.25) is 0 Å². The van der Waals surface area contributed by atoms with Crippen molar-refractivity contribution in [1.82, 2.24) is 0 Å². The first-order valence-corrected chi connectivity index (χ1v) is 6.72. The Morgan fingerprint density at radius 3 is 2.00 bits per heavy atom. The van der Waals surface area contributed by atoms with Gasteiger partial charge in [0.05, 0.1) is 0 Å². The molecule has 0 saturated heterocycles. The van der Waals surface area contributed by atoms with E-state index in [1.54, 1.807) is 0 Å². The largest absolute Gasteiger partial charge is 0.492 e. The molecule has 2 N–H and O–H groups in total. The van der Waals surface area contributed by atoms with Gasteiger partial charge in [0.25, 0.3) is 0 Å². The van der Waals surface area contributed by atoms with E-state index in [2.05, 4.69) is 0 Å². The van der Waals surface area contributed by atoms with Crippen molar-refractivity contribution >= 4 is 0 Å². The molecule has 0 saturated carbocycles. The Labute approximate surface area is 110 Å². The van der Waals surface area contributed by atoms with Gasteiger partial charge in [-0.2, -0.15) is 0 Å². The quantitative estimate of drug-likeness (QED) is 0.838. The van der Waals surface area contributed by atoms with E-state index in [1.807, 2.05) is 72.7 Å². The summed E-state index contributed by atoms with van der Waals surface area (Å²) in [5.41, 5.74) is 6.50. The molecule has 104 valence electrons. The van der Waals surface area contributed by atoms with Gasteiger partial charge in [0.2, 0.25) is 0 Å². The molecule has 0 fully saturated rings. The molecule has 1 rings (SSSR count). The Hall–Kier alpha value is -1.02. The van der Waals surface area contributed by atoms with E-state index in [0.29, 0.717) is 13.2 Å². The maximum Gasteiger partial charge on any atom is 0.119 e. The third-order valence-electron chi connectivity index (χ3n) is 1.38. The van der Waals surface area contributed by atoms with Gasteiger partial charge < -0.3 is 10.5 Å². The molecule has 0 aromatic heterocycles.